The van der Waals surface area contributed by atoms with Gasteiger partial charge in [0.2, 0.25) is 0 Å². The minimum absolute atomic E-state index is 0.313. The van der Waals surface area contributed by atoms with Crippen LogP contribution in [0.5, 0.6) is 0 Å². The number of pyridine rings is 1. The molecule has 0 N–H and O–H groups in total. The number of ether oxygens (including phenoxy) is 2. The van der Waals surface area contributed by atoms with Gasteiger partial charge in [-0.05, 0) is 58.6 Å². The standard InChI is InChI=1S/C21H33N3O3/c1-4-26-21(25)17-5-6-20(22-15-17)24-13-9-19(10-14-24)27-18-7-11-23(12-8-18)16(2)3/h5-6,15-16,18-19H,4,7-14H2,1-3H3. The van der Waals surface area contributed by atoms with E-state index >= 15 is 0 Å². The smallest absolute Gasteiger partial charge is 0.339 e. The zero-order chi connectivity index (χ0) is 19.2. The first-order valence-electron chi connectivity index (χ1n) is 10.3. The van der Waals surface area contributed by atoms with Crippen LogP contribution in [0.1, 0.15) is 56.8 Å². The summed E-state index contributed by atoms with van der Waals surface area (Å²) in [4.78, 5) is 21.0. The van der Waals surface area contributed by atoms with Crippen LogP contribution in [0.3, 0.4) is 0 Å². The molecule has 0 aliphatic carbocycles. The van der Waals surface area contributed by atoms with E-state index in [0.717, 1.165) is 57.7 Å². The lowest BCUT2D eigenvalue weighted by atomic mass is 10.0. The SMILES string of the molecule is CCOC(=O)c1ccc(N2CCC(OC3CCN(C(C)C)CC3)CC2)nc1. The van der Waals surface area contributed by atoms with Crippen molar-refractivity contribution in [3.63, 3.8) is 0 Å². The maximum atomic E-state index is 11.7. The number of carbonyl (C=O) groups excluding carboxylic acids is 1. The highest BCUT2D eigenvalue weighted by Crippen LogP contribution is 2.24. The molecule has 2 aliphatic heterocycles. The summed E-state index contributed by atoms with van der Waals surface area (Å²) < 4.78 is 11.4. The zero-order valence-corrected chi connectivity index (χ0v) is 16.9. The van der Waals surface area contributed by atoms with E-state index in [1.807, 2.05) is 6.07 Å². The fourth-order valence-electron chi connectivity index (χ4n) is 3.93. The number of aromatic nitrogens is 1. The van der Waals surface area contributed by atoms with Crippen LogP contribution < -0.4 is 4.90 Å². The number of likely N-dealkylation sites (tertiary alicyclic amines) is 1. The van der Waals surface area contributed by atoms with Gasteiger partial charge in [-0.3, -0.25) is 0 Å². The molecule has 1 aromatic rings. The molecule has 0 saturated carbocycles. The topological polar surface area (TPSA) is 54.9 Å². The minimum Gasteiger partial charge on any atom is -0.462 e. The van der Waals surface area contributed by atoms with Gasteiger partial charge in [0, 0.05) is 38.4 Å². The van der Waals surface area contributed by atoms with E-state index in [4.69, 9.17) is 9.47 Å². The number of hydrogen-bond donors (Lipinski definition) is 0. The van der Waals surface area contributed by atoms with Crippen LogP contribution in [0, 0.1) is 0 Å². The van der Waals surface area contributed by atoms with E-state index in [1.54, 1.807) is 19.2 Å². The third-order valence-electron chi connectivity index (χ3n) is 5.62. The van der Waals surface area contributed by atoms with E-state index in [0.29, 0.717) is 30.4 Å². The van der Waals surface area contributed by atoms with Crippen molar-refractivity contribution < 1.29 is 14.3 Å². The molecule has 150 valence electrons. The average molecular weight is 376 g/mol. The quantitative estimate of drug-likeness (QED) is 0.712. The van der Waals surface area contributed by atoms with Gasteiger partial charge in [0.05, 0.1) is 24.4 Å². The first-order chi connectivity index (χ1) is 13.1. The second kappa shape index (κ2) is 9.51. The van der Waals surface area contributed by atoms with Gasteiger partial charge in [-0.15, -0.1) is 0 Å². The van der Waals surface area contributed by atoms with Crippen molar-refractivity contribution in [2.45, 2.75) is 64.7 Å². The van der Waals surface area contributed by atoms with Crippen LogP contribution in [-0.4, -0.2) is 66.9 Å². The molecular formula is C21H33N3O3. The first-order valence-corrected chi connectivity index (χ1v) is 10.3. The van der Waals surface area contributed by atoms with Crippen LogP contribution in [-0.2, 0) is 9.47 Å². The monoisotopic (exact) mass is 375 g/mol. The maximum absolute atomic E-state index is 11.7. The Morgan fingerprint density at radius 1 is 1.11 bits per heavy atom. The highest BCUT2D eigenvalue weighted by atomic mass is 16.5. The van der Waals surface area contributed by atoms with Crippen molar-refractivity contribution in [1.29, 1.82) is 0 Å². The van der Waals surface area contributed by atoms with Gasteiger partial charge in [-0.25, -0.2) is 9.78 Å². The number of piperidine rings is 2. The molecule has 0 radical (unpaired) electrons. The molecule has 0 unspecified atom stereocenters. The molecule has 2 saturated heterocycles. The Balaban J connectivity index is 1.43. The molecular weight excluding hydrogens is 342 g/mol. The third-order valence-corrected chi connectivity index (χ3v) is 5.62. The Hall–Kier alpha value is -1.66. The normalized spacial score (nSPS) is 20.2. The molecule has 0 amide bonds. The van der Waals surface area contributed by atoms with Crippen LogP contribution in [0.15, 0.2) is 18.3 Å². The molecule has 2 aliphatic rings. The summed E-state index contributed by atoms with van der Waals surface area (Å²) in [6, 6.07) is 4.34. The highest BCUT2D eigenvalue weighted by molar-refractivity contribution is 5.89. The van der Waals surface area contributed by atoms with Crippen molar-refractivity contribution >= 4 is 11.8 Å². The Morgan fingerprint density at radius 2 is 1.74 bits per heavy atom. The number of carbonyl (C=O) groups is 1. The Labute approximate surface area is 162 Å². The van der Waals surface area contributed by atoms with E-state index in [1.165, 1.54) is 0 Å². The van der Waals surface area contributed by atoms with Crippen LogP contribution in [0.25, 0.3) is 0 Å². The Kier molecular flexibility index (Phi) is 7.07. The van der Waals surface area contributed by atoms with Gasteiger partial charge in [0.25, 0.3) is 0 Å². The van der Waals surface area contributed by atoms with E-state index < -0.39 is 0 Å². The fraction of sp³-hybridized carbons (Fsp3) is 0.714. The third kappa shape index (κ3) is 5.42. The Morgan fingerprint density at radius 3 is 2.26 bits per heavy atom. The number of anilines is 1. The minimum atomic E-state index is -0.313. The summed E-state index contributed by atoms with van der Waals surface area (Å²) in [6.07, 6.45) is 6.74. The lowest BCUT2D eigenvalue weighted by Crippen LogP contribution is -2.44. The number of esters is 1. The van der Waals surface area contributed by atoms with Crippen LogP contribution in [0.4, 0.5) is 5.82 Å². The molecule has 0 bridgehead atoms. The summed E-state index contributed by atoms with van der Waals surface area (Å²) >= 11 is 0. The van der Waals surface area contributed by atoms with Gasteiger partial charge in [0.1, 0.15) is 5.82 Å². The summed E-state index contributed by atoms with van der Waals surface area (Å²) in [6.45, 7) is 10.9. The first kappa shape index (κ1) is 20.1. The summed E-state index contributed by atoms with van der Waals surface area (Å²) in [5.74, 6) is 0.610. The lowest BCUT2D eigenvalue weighted by molar-refractivity contribution is -0.0540. The molecule has 2 fully saturated rings. The molecule has 0 atom stereocenters. The van der Waals surface area contributed by atoms with Crippen LogP contribution in [0.2, 0.25) is 0 Å². The van der Waals surface area contributed by atoms with E-state index in [2.05, 4.69) is 28.6 Å². The second-order valence-electron chi connectivity index (χ2n) is 7.78. The van der Waals surface area contributed by atoms with Crippen molar-refractivity contribution in [1.82, 2.24) is 9.88 Å². The van der Waals surface area contributed by atoms with Crippen LogP contribution >= 0.6 is 0 Å². The lowest BCUT2D eigenvalue weighted by Gasteiger charge is -2.38. The molecule has 3 rings (SSSR count). The van der Waals surface area contributed by atoms with Gasteiger partial charge < -0.3 is 19.3 Å². The second-order valence-corrected chi connectivity index (χ2v) is 7.78. The van der Waals surface area contributed by atoms with Gasteiger partial charge in [-0.2, -0.15) is 0 Å². The molecule has 6 nitrogen and oxygen atoms in total. The summed E-state index contributed by atoms with van der Waals surface area (Å²) in [5.41, 5.74) is 0.506. The predicted molar refractivity (Wildman–Crippen MR) is 106 cm³/mol. The molecule has 27 heavy (non-hydrogen) atoms. The van der Waals surface area contributed by atoms with E-state index in [9.17, 15) is 4.79 Å². The Bertz CT molecular complexity index is 589. The molecule has 6 heteroatoms. The molecule has 1 aromatic heterocycles. The molecule has 0 spiro atoms. The van der Waals surface area contributed by atoms with Gasteiger partial charge >= 0.3 is 5.97 Å². The molecule has 3 heterocycles. The number of rotatable bonds is 6. The van der Waals surface area contributed by atoms with Crippen molar-refractivity contribution in [3.8, 4) is 0 Å². The number of nitrogens with zero attached hydrogens (tertiary/aromatic N) is 3. The van der Waals surface area contributed by atoms with Crippen molar-refractivity contribution in [2.75, 3.05) is 37.7 Å². The molecule has 0 aromatic carbocycles. The van der Waals surface area contributed by atoms with Crippen molar-refractivity contribution in [2.24, 2.45) is 0 Å². The van der Waals surface area contributed by atoms with Gasteiger partial charge in [0.15, 0.2) is 0 Å². The summed E-state index contributed by atoms with van der Waals surface area (Å²) in [5, 5.41) is 0. The zero-order valence-electron chi connectivity index (χ0n) is 16.9. The fourth-order valence-corrected chi connectivity index (χ4v) is 3.93. The largest absolute Gasteiger partial charge is 0.462 e. The maximum Gasteiger partial charge on any atom is 0.339 e. The highest BCUT2D eigenvalue weighted by Gasteiger charge is 2.27. The predicted octanol–water partition coefficient (Wildman–Crippen LogP) is 3.12. The number of hydrogen-bond acceptors (Lipinski definition) is 6. The van der Waals surface area contributed by atoms with Gasteiger partial charge in [-0.1, -0.05) is 0 Å². The average Bonchev–Trinajstić information content (AvgIpc) is 2.69. The van der Waals surface area contributed by atoms with E-state index in [-0.39, 0.29) is 5.97 Å². The summed E-state index contributed by atoms with van der Waals surface area (Å²) in [7, 11) is 0. The van der Waals surface area contributed by atoms with Crippen molar-refractivity contribution in [3.05, 3.63) is 23.9 Å².